The summed E-state index contributed by atoms with van der Waals surface area (Å²) in [7, 11) is 3.33. The van der Waals surface area contributed by atoms with Gasteiger partial charge < -0.3 is 20.4 Å². The van der Waals surface area contributed by atoms with Crippen molar-refractivity contribution in [1.29, 1.82) is 0 Å². The monoisotopic (exact) mass is 427 g/mol. The highest BCUT2D eigenvalue weighted by atomic mass is 19.4. The summed E-state index contributed by atoms with van der Waals surface area (Å²) >= 11 is 0. The van der Waals surface area contributed by atoms with Gasteiger partial charge in [0.25, 0.3) is 0 Å². The molecule has 1 saturated heterocycles. The number of hydrogen-bond acceptors (Lipinski definition) is 3. The topological polar surface area (TPSA) is 60.0 Å². The predicted octanol–water partition coefficient (Wildman–Crippen LogP) is 2.70. The minimum atomic E-state index is -4.39. The molecule has 1 aromatic carbocycles. The van der Waals surface area contributed by atoms with Gasteiger partial charge in [-0.15, -0.1) is 0 Å². The van der Waals surface area contributed by atoms with Crippen molar-refractivity contribution in [3.63, 3.8) is 0 Å². The number of benzene rings is 1. The molecule has 1 fully saturated rings. The van der Waals surface area contributed by atoms with Gasteiger partial charge in [-0.2, -0.15) is 13.2 Å². The van der Waals surface area contributed by atoms with Crippen molar-refractivity contribution in [1.82, 2.24) is 20.4 Å². The van der Waals surface area contributed by atoms with Crippen LogP contribution in [0.3, 0.4) is 0 Å². The molecule has 0 saturated carbocycles. The predicted molar refractivity (Wildman–Crippen MR) is 112 cm³/mol. The Bertz CT molecular complexity index is 713. The van der Waals surface area contributed by atoms with Crippen molar-refractivity contribution in [2.24, 2.45) is 4.99 Å². The first-order valence-corrected chi connectivity index (χ1v) is 10.3. The van der Waals surface area contributed by atoms with Crippen molar-refractivity contribution in [3.8, 4) is 0 Å². The number of guanidine groups is 1. The third-order valence-corrected chi connectivity index (χ3v) is 5.05. The molecule has 2 N–H and O–H groups in total. The summed E-state index contributed by atoms with van der Waals surface area (Å²) in [4.78, 5) is 20.3. The zero-order valence-electron chi connectivity index (χ0n) is 17.9. The minimum Gasteiger partial charge on any atom is -0.354 e. The van der Waals surface area contributed by atoms with Gasteiger partial charge in [-0.3, -0.25) is 4.79 Å². The van der Waals surface area contributed by atoms with Crippen LogP contribution in [0, 0.1) is 0 Å². The normalized spacial score (nSPS) is 16.4. The van der Waals surface area contributed by atoms with Crippen LogP contribution in [-0.4, -0.2) is 68.0 Å². The number of likely N-dealkylation sites (tertiary alicyclic amines) is 1. The summed E-state index contributed by atoms with van der Waals surface area (Å²) in [5.74, 6) is 0.331. The maximum atomic E-state index is 12.9. The van der Waals surface area contributed by atoms with Gasteiger partial charge in [0.1, 0.15) is 0 Å². The standard InChI is InChI=1S/C21H32F3N5O/c1-4-10-29-11-8-18(9-12-29)27-20(26-15-19(30)28(2)3)25-14-16-6-5-7-17(13-16)21(22,23)24/h5-7,13,18H,4,8-12,14-15H2,1-3H3,(H2,25,26,27). The van der Waals surface area contributed by atoms with E-state index in [9.17, 15) is 18.0 Å². The maximum Gasteiger partial charge on any atom is 0.416 e. The molecular formula is C21H32F3N5O. The molecule has 0 radical (unpaired) electrons. The molecule has 1 amide bonds. The van der Waals surface area contributed by atoms with Crippen LogP contribution in [0.15, 0.2) is 29.3 Å². The van der Waals surface area contributed by atoms with E-state index >= 15 is 0 Å². The Balaban J connectivity index is 2.04. The Hall–Kier alpha value is -2.29. The number of rotatable bonds is 7. The molecule has 0 atom stereocenters. The smallest absolute Gasteiger partial charge is 0.354 e. The average molecular weight is 428 g/mol. The molecule has 2 rings (SSSR count). The van der Waals surface area contributed by atoms with Crippen molar-refractivity contribution in [2.45, 2.75) is 44.9 Å². The first-order valence-electron chi connectivity index (χ1n) is 10.3. The first kappa shape index (κ1) is 24.0. The summed E-state index contributed by atoms with van der Waals surface area (Å²) in [6.45, 7) is 5.37. The van der Waals surface area contributed by atoms with Crippen LogP contribution in [0.25, 0.3) is 0 Å². The molecule has 30 heavy (non-hydrogen) atoms. The molecule has 168 valence electrons. The van der Waals surface area contributed by atoms with Gasteiger partial charge in [0, 0.05) is 33.2 Å². The van der Waals surface area contributed by atoms with Crippen LogP contribution in [0.2, 0.25) is 0 Å². The van der Waals surface area contributed by atoms with E-state index in [1.54, 1.807) is 20.2 Å². The van der Waals surface area contributed by atoms with Crippen LogP contribution in [0.5, 0.6) is 0 Å². The number of aliphatic imine (C=N–C) groups is 1. The number of halogens is 3. The third kappa shape index (κ3) is 7.85. The number of piperidine rings is 1. The fraction of sp³-hybridized carbons (Fsp3) is 0.619. The van der Waals surface area contributed by atoms with E-state index in [0.717, 1.165) is 51.0 Å². The largest absolute Gasteiger partial charge is 0.416 e. The lowest BCUT2D eigenvalue weighted by molar-refractivity contribution is -0.137. The molecule has 0 spiro atoms. The van der Waals surface area contributed by atoms with E-state index in [4.69, 9.17) is 0 Å². The lowest BCUT2D eigenvalue weighted by Crippen LogP contribution is -2.50. The van der Waals surface area contributed by atoms with Crippen LogP contribution in [0.4, 0.5) is 13.2 Å². The SMILES string of the molecule is CCCN1CCC(NC(=NCc2cccc(C(F)(F)F)c2)NCC(=O)N(C)C)CC1. The number of amides is 1. The molecule has 1 aromatic rings. The van der Waals surface area contributed by atoms with Gasteiger partial charge in [0.2, 0.25) is 5.91 Å². The highest BCUT2D eigenvalue weighted by Crippen LogP contribution is 2.29. The van der Waals surface area contributed by atoms with Gasteiger partial charge in [-0.1, -0.05) is 19.1 Å². The summed E-state index contributed by atoms with van der Waals surface area (Å²) in [6, 6.07) is 5.36. The number of hydrogen-bond donors (Lipinski definition) is 2. The molecule has 6 nitrogen and oxygen atoms in total. The Labute approximate surface area is 176 Å². The number of alkyl halides is 3. The lowest BCUT2D eigenvalue weighted by Gasteiger charge is -2.32. The second-order valence-corrected chi connectivity index (χ2v) is 7.76. The average Bonchev–Trinajstić information content (AvgIpc) is 2.70. The maximum absolute atomic E-state index is 12.9. The first-order chi connectivity index (χ1) is 14.2. The van der Waals surface area contributed by atoms with E-state index in [2.05, 4.69) is 27.4 Å². The second-order valence-electron chi connectivity index (χ2n) is 7.76. The van der Waals surface area contributed by atoms with Crippen molar-refractivity contribution < 1.29 is 18.0 Å². The van der Waals surface area contributed by atoms with Crippen molar-refractivity contribution >= 4 is 11.9 Å². The molecule has 1 heterocycles. The number of carbonyl (C=O) groups excluding carboxylic acids is 1. The summed E-state index contributed by atoms with van der Waals surface area (Å²) in [6.07, 6.45) is -1.36. The number of nitrogens with zero attached hydrogens (tertiary/aromatic N) is 3. The summed E-state index contributed by atoms with van der Waals surface area (Å²) < 4.78 is 38.8. The van der Waals surface area contributed by atoms with Crippen LogP contribution in [-0.2, 0) is 17.5 Å². The zero-order valence-corrected chi connectivity index (χ0v) is 17.9. The summed E-state index contributed by atoms with van der Waals surface area (Å²) in [5.41, 5.74) is -0.230. The Morgan fingerprint density at radius 3 is 2.57 bits per heavy atom. The van der Waals surface area contributed by atoms with Gasteiger partial charge in [0.15, 0.2) is 5.96 Å². The van der Waals surface area contributed by atoms with Crippen LogP contribution < -0.4 is 10.6 Å². The molecule has 0 aliphatic carbocycles. The molecule has 0 bridgehead atoms. The quantitative estimate of drug-likeness (QED) is 0.519. The molecular weight excluding hydrogens is 395 g/mol. The van der Waals surface area contributed by atoms with Crippen LogP contribution in [0.1, 0.15) is 37.3 Å². The molecule has 9 heteroatoms. The fourth-order valence-electron chi connectivity index (χ4n) is 3.30. The van der Waals surface area contributed by atoms with Crippen molar-refractivity contribution in [3.05, 3.63) is 35.4 Å². The fourth-order valence-corrected chi connectivity index (χ4v) is 3.30. The Kier molecular flexibility index (Phi) is 8.95. The molecule has 0 aromatic heterocycles. The van der Waals surface area contributed by atoms with E-state index < -0.39 is 11.7 Å². The highest BCUT2D eigenvalue weighted by Gasteiger charge is 2.30. The molecule has 1 aliphatic heterocycles. The molecule has 0 unspecified atom stereocenters. The van der Waals surface area contributed by atoms with E-state index in [-0.39, 0.29) is 25.0 Å². The van der Waals surface area contributed by atoms with Gasteiger partial charge in [-0.05, 0) is 43.5 Å². The van der Waals surface area contributed by atoms with Crippen molar-refractivity contribution in [2.75, 3.05) is 40.3 Å². The number of likely N-dealkylation sites (N-methyl/N-ethyl adjacent to an activating group) is 1. The highest BCUT2D eigenvalue weighted by molar-refractivity contribution is 5.86. The lowest BCUT2D eigenvalue weighted by atomic mass is 10.1. The van der Waals surface area contributed by atoms with Gasteiger partial charge in [0.05, 0.1) is 18.7 Å². The second kappa shape index (κ2) is 11.2. The van der Waals surface area contributed by atoms with Gasteiger partial charge in [-0.25, -0.2) is 4.99 Å². The third-order valence-electron chi connectivity index (χ3n) is 5.05. The minimum absolute atomic E-state index is 0.0656. The molecule has 1 aliphatic rings. The zero-order chi connectivity index (χ0) is 22.1. The van der Waals surface area contributed by atoms with E-state index in [0.29, 0.717) is 11.5 Å². The van der Waals surface area contributed by atoms with Crippen LogP contribution >= 0.6 is 0 Å². The van der Waals surface area contributed by atoms with E-state index in [1.807, 2.05) is 0 Å². The van der Waals surface area contributed by atoms with E-state index in [1.165, 1.54) is 11.0 Å². The number of carbonyl (C=O) groups is 1. The number of nitrogens with one attached hydrogen (secondary N) is 2. The Morgan fingerprint density at radius 1 is 1.27 bits per heavy atom. The van der Waals surface area contributed by atoms with Gasteiger partial charge >= 0.3 is 6.18 Å². The summed E-state index contributed by atoms with van der Waals surface area (Å²) in [5, 5.41) is 6.36. The Morgan fingerprint density at radius 2 is 1.97 bits per heavy atom.